The molecule has 56 valence electrons. The van der Waals surface area contributed by atoms with E-state index in [0.29, 0.717) is 0 Å². The average molecular weight is 155 g/mol. The van der Waals surface area contributed by atoms with Crippen molar-refractivity contribution in [1.29, 1.82) is 0 Å². The van der Waals surface area contributed by atoms with Crippen LogP contribution in [0.15, 0.2) is 0 Å². The molecular formula is C5H11ClO3. The fourth-order valence-electron chi connectivity index (χ4n) is 0. The number of hydrogen-bond acceptors (Lipinski definition) is 2. The van der Waals surface area contributed by atoms with E-state index >= 15 is 0 Å². The zero-order chi connectivity index (χ0) is 7.86. The second kappa shape index (κ2) is 7.72. The summed E-state index contributed by atoms with van der Waals surface area (Å²) in [7, 11) is 0. The van der Waals surface area contributed by atoms with Gasteiger partial charge in [0.15, 0.2) is 0 Å². The molecule has 0 rings (SSSR count). The van der Waals surface area contributed by atoms with Gasteiger partial charge in [0, 0.05) is 6.92 Å². The van der Waals surface area contributed by atoms with E-state index in [1.165, 1.54) is 0 Å². The van der Waals surface area contributed by atoms with E-state index in [1.807, 2.05) is 0 Å². The minimum Gasteiger partial charge on any atom is -0.481 e. The molecule has 0 saturated heterocycles. The summed E-state index contributed by atoms with van der Waals surface area (Å²) >= 11 is 5.21. The zero-order valence-electron chi connectivity index (χ0n) is 5.47. The van der Waals surface area contributed by atoms with Crippen molar-refractivity contribution in [3.05, 3.63) is 0 Å². The zero-order valence-corrected chi connectivity index (χ0v) is 6.22. The molecular weight excluding hydrogens is 144 g/mol. The Bertz CT molecular complexity index is 68.6. The average Bonchev–Trinajstić information content (AvgIpc) is 1.65. The standard InChI is InChI=1S/C3H7ClO.C2H4O2/c1-3(4)2-5;1-2(3)4/h3,5H,2H2,1H3;1H3,(H,3,4). The Labute approximate surface area is 59.3 Å². The summed E-state index contributed by atoms with van der Waals surface area (Å²) in [5.41, 5.74) is 0. The molecule has 0 amide bonds. The van der Waals surface area contributed by atoms with Crippen molar-refractivity contribution in [2.45, 2.75) is 19.2 Å². The Kier molecular flexibility index (Phi) is 9.87. The first-order valence-corrected chi connectivity index (χ1v) is 2.88. The van der Waals surface area contributed by atoms with Gasteiger partial charge in [0.05, 0.1) is 12.0 Å². The van der Waals surface area contributed by atoms with Crippen molar-refractivity contribution >= 4 is 17.6 Å². The van der Waals surface area contributed by atoms with Gasteiger partial charge in [-0.25, -0.2) is 0 Å². The van der Waals surface area contributed by atoms with E-state index in [0.717, 1.165) is 6.92 Å². The molecule has 1 atom stereocenters. The molecule has 4 heteroatoms. The molecule has 0 fully saturated rings. The van der Waals surface area contributed by atoms with Crippen LogP contribution >= 0.6 is 11.6 Å². The van der Waals surface area contributed by atoms with Crippen LogP contribution < -0.4 is 0 Å². The molecule has 2 N–H and O–H groups in total. The summed E-state index contributed by atoms with van der Waals surface area (Å²) in [6.07, 6.45) is 0. The van der Waals surface area contributed by atoms with Crippen LogP contribution in [-0.2, 0) is 4.79 Å². The first-order chi connectivity index (χ1) is 4.00. The third-order valence-corrected chi connectivity index (χ3v) is 0.390. The van der Waals surface area contributed by atoms with Gasteiger partial charge in [0.2, 0.25) is 0 Å². The molecule has 0 aromatic rings. The Morgan fingerprint density at radius 3 is 1.89 bits per heavy atom. The van der Waals surface area contributed by atoms with Crippen LogP contribution in [0.3, 0.4) is 0 Å². The fourth-order valence-corrected chi connectivity index (χ4v) is 0. The lowest BCUT2D eigenvalue weighted by Gasteiger charge is -1.87. The lowest BCUT2D eigenvalue weighted by atomic mass is 10.5. The largest absolute Gasteiger partial charge is 0.481 e. The van der Waals surface area contributed by atoms with E-state index in [9.17, 15) is 0 Å². The number of hydrogen-bond donors (Lipinski definition) is 2. The van der Waals surface area contributed by atoms with Crippen LogP contribution in [0.25, 0.3) is 0 Å². The van der Waals surface area contributed by atoms with Crippen LogP contribution in [0.4, 0.5) is 0 Å². The van der Waals surface area contributed by atoms with Gasteiger partial charge in [0.1, 0.15) is 0 Å². The van der Waals surface area contributed by atoms with Crippen LogP contribution in [-0.4, -0.2) is 28.2 Å². The molecule has 0 aliphatic rings. The van der Waals surface area contributed by atoms with Gasteiger partial charge in [0.25, 0.3) is 5.97 Å². The predicted octanol–water partition coefficient (Wildman–Crippen LogP) is 0.697. The third-order valence-electron chi connectivity index (χ3n) is 0.252. The molecule has 0 aromatic heterocycles. The fraction of sp³-hybridized carbons (Fsp3) is 0.800. The van der Waals surface area contributed by atoms with E-state index in [-0.39, 0.29) is 12.0 Å². The number of carboxylic acids is 1. The number of aliphatic carboxylic acids is 1. The number of halogens is 1. The molecule has 0 saturated carbocycles. The van der Waals surface area contributed by atoms with Gasteiger partial charge in [-0.1, -0.05) is 0 Å². The second-order valence-corrected chi connectivity index (χ2v) is 2.23. The summed E-state index contributed by atoms with van der Waals surface area (Å²) in [6, 6.07) is 0. The Morgan fingerprint density at radius 2 is 1.89 bits per heavy atom. The molecule has 0 radical (unpaired) electrons. The summed E-state index contributed by atoms with van der Waals surface area (Å²) in [6.45, 7) is 2.89. The highest BCUT2D eigenvalue weighted by atomic mass is 35.5. The Morgan fingerprint density at radius 1 is 1.78 bits per heavy atom. The molecule has 1 unspecified atom stereocenters. The first kappa shape index (κ1) is 11.5. The number of aliphatic hydroxyl groups is 1. The third kappa shape index (κ3) is 85.4. The molecule has 0 spiro atoms. The molecule has 0 heterocycles. The molecule has 0 aromatic carbocycles. The Balaban J connectivity index is 0. The van der Waals surface area contributed by atoms with Crippen LogP contribution in [0.5, 0.6) is 0 Å². The van der Waals surface area contributed by atoms with E-state index in [1.54, 1.807) is 6.92 Å². The molecule has 9 heavy (non-hydrogen) atoms. The topological polar surface area (TPSA) is 57.5 Å². The molecule has 3 nitrogen and oxygen atoms in total. The Hall–Kier alpha value is -0.280. The number of alkyl halides is 1. The van der Waals surface area contributed by atoms with E-state index in [4.69, 9.17) is 26.6 Å². The monoisotopic (exact) mass is 154 g/mol. The summed E-state index contributed by atoms with van der Waals surface area (Å²) in [4.78, 5) is 9.00. The van der Waals surface area contributed by atoms with E-state index < -0.39 is 5.97 Å². The lowest BCUT2D eigenvalue weighted by molar-refractivity contribution is -0.134. The molecule has 0 bridgehead atoms. The van der Waals surface area contributed by atoms with Crippen LogP contribution in [0, 0.1) is 0 Å². The van der Waals surface area contributed by atoms with Crippen molar-refractivity contribution < 1.29 is 15.0 Å². The second-order valence-electron chi connectivity index (χ2n) is 1.48. The molecule has 0 aliphatic heterocycles. The predicted molar refractivity (Wildman–Crippen MR) is 35.7 cm³/mol. The molecule has 0 aliphatic carbocycles. The number of rotatable bonds is 1. The number of carbonyl (C=O) groups is 1. The van der Waals surface area contributed by atoms with Crippen molar-refractivity contribution in [2.75, 3.05) is 6.61 Å². The van der Waals surface area contributed by atoms with Crippen LogP contribution in [0.1, 0.15) is 13.8 Å². The highest BCUT2D eigenvalue weighted by Gasteiger charge is 1.84. The summed E-state index contributed by atoms with van der Waals surface area (Å²) < 4.78 is 0. The smallest absolute Gasteiger partial charge is 0.300 e. The number of carboxylic acid groups (broad SMARTS) is 1. The number of aliphatic hydroxyl groups excluding tert-OH is 1. The van der Waals surface area contributed by atoms with Gasteiger partial charge in [-0.3, -0.25) is 4.79 Å². The van der Waals surface area contributed by atoms with Gasteiger partial charge in [-0.05, 0) is 6.92 Å². The summed E-state index contributed by atoms with van der Waals surface area (Å²) in [5, 5.41) is 15.3. The lowest BCUT2D eigenvalue weighted by Crippen LogP contribution is -1.94. The minimum absolute atomic E-state index is 0.0710. The van der Waals surface area contributed by atoms with Crippen molar-refractivity contribution in [3.8, 4) is 0 Å². The summed E-state index contributed by atoms with van der Waals surface area (Å²) in [5.74, 6) is -0.833. The van der Waals surface area contributed by atoms with Crippen molar-refractivity contribution in [3.63, 3.8) is 0 Å². The SMILES string of the molecule is CC(=O)O.CC(Cl)CO. The van der Waals surface area contributed by atoms with Crippen LogP contribution in [0.2, 0.25) is 0 Å². The van der Waals surface area contributed by atoms with Crippen molar-refractivity contribution in [1.82, 2.24) is 0 Å². The highest BCUT2D eigenvalue weighted by molar-refractivity contribution is 6.20. The minimum atomic E-state index is -0.833. The van der Waals surface area contributed by atoms with Gasteiger partial charge in [-0.2, -0.15) is 0 Å². The maximum Gasteiger partial charge on any atom is 0.300 e. The van der Waals surface area contributed by atoms with Crippen molar-refractivity contribution in [2.24, 2.45) is 0 Å². The first-order valence-electron chi connectivity index (χ1n) is 2.45. The normalized spacial score (nSPS) is 11.1. The maximum atomic E-state index is 9.00. The van der Waals surface area contributed by atoms with Gasteiger partial charge < -0.3 is 10.2 Å². The van der Waals surface area contributed by atoms with Gasteiger partial charge >= 0.3 is 0 Å². The van der Waals surface area contributed by atoms with E-state index in [2.05, 4.69) is 0 Å². The quantitative estimate of drug-likeness (QED) is 0.547. The van der Waals surface area contributed by atoms with Gasteiger partial charge in [-0.15, -0.1) is 11.6 Å². The highest BCUT2D eigenvalue weighted by Crippen LogP contribution is 1.86. The maximum absolute atomic E-state index is 9.00.